The van der Waals surface area contributed by atoms with E-state index in [0.717, 1.165) is 27.0 Å². The molecule has 24 heavy (non-hydrogen) atoms. The predicted molar refractivity (Wildman–Crippen MR) is 89.5 cm³/mol. The average molecular weight is 323 g/mol. The second-order valence-corrected chi connectivity index (χ2v) is 5.63. The molecule has 1 aliphatic rings. The third kappa shape index (κ3) is 2.58. The molecule has 1 saturated heterocycles. The number of benzene rings is 2. The van der Waals surface area contributed by atoms with Gasteiger partial charge in [-0.25, -0.2) is 0 Å². The molecule has 5 nitrogen and oxygen atoms in total. The fraction of sp³-hybridized carbons (Fsp3) is 0.211. The molecule has 0 saturated carbocycles. The summed E-state index contributed by atoms with van der Waals surface area (Å²) in [6.45, 7) is 1.20. The minimum Gasteiger partial charge on any atom is -0.618 e. The minimum atomic E-state index is -0.337. The van der Waals surface area contributed by atoms with Gasteiger partial charge in [-0.15, -0.1) is 0 Å². The third-order valence-corrected chi connectivity index (χ3v) is 4.19. The lowest BCUT2D eigenvalue weighted by Gasteiger charge is -2.12. The van der Waals surface area contributed by atoms with Crippen LogP contribution < -0.4 is 9.47 Å². The van der Waals surface area contributed by atoms with Crippen LogP contribution >= 0.6 is 0 Å². The fourth-order valence-corrected chi connectivity index (χ4v) is 2.93. The first-order valence-electron chi connectivity index (χ1n) is 7.80. The van der Waals surface area contributed by atoms with E-state index >= 15 is 0 Å². The van der Waals surface area contributed by atoms with Crippen molar-refractivity contribution in [3.8, 4) is 17.0 Å². The van der Waals surface area contributed by atoms with Crippen molar-refractivity contribution in [2.24, 2.45) is 0 Å². The molecular weight excluding hydrogens is 306 g/mol. The molecule has 2 aromatic carbocycles. The van der Waals surface area contributed by atoms with Crippen LogP contribution in [-0.2, 0) is 9.47 Å². The summed E-state index contributed by atoms with van der Waals surface area (Å²) in [5.74, 6) is 0.762. The van der Waals surface area contributed by atoms with Crippen LogP contribution in [0.25, 0.3) is 22.2 Å². The maximum atomic E-state index is 12.7. The molecule has 1 fully saturated rings. The van der Waals surface area contributed by atoms with Gasteiger partial charge < -0.3 is 19.4 Å². The van der Waals surface area contributed by atoms with Crippen molar-refractivity contribution in [1.29, 1.82) is 0 Å². The van der Waals surface area contributed by atoms with Gasteiger partial charge in [-0.2, -0.15) is 4.73 Å². The van der Waals surface area contributed by atoms with E-state index in [2.05, 4.69) is 0 Å². The van der Waals surface area contributed by atoms with E-state index in [1.165, 1.54) is 0 Å². The number of aromatic nitrogens is 1. The molecule has 2 heterocycles. The largest absolute Gasteiger partial charge is 0.618 e. The Morgan fingerprint density at radius 1 is 1.00 bits per heavy atom. The van der Waals surface area contributed by atoms with Crippen LogP contribution in [0.5, 0.6) is 5.75 Å². The van der Waals surface area contributed by atoms with Crippen molar-refractivity contribution in [3.63, 3.8) is 0 Å². The molecule has 5 heteroatoms. The quantitative estimate of drug-likeness (QED) is 0.549. The Labute approximate surface area is 139 Å². The van der Waals surface area contributed by atoms with Gasteiger partial charge in [-0.05, 0) is 42.5 Å². The molecule has 0 atom stereocenters. The summed E-state index contributed by atoms with van der Waals surface area (Å²) in [6, 6.07) is 16.9. The van der Waals surface area contributed by atoms with Crippen molar-refractivity contribution in [3.05, 3.63) is 65.4 Å². The van der Waals surface area contributed by atoms with Gasteiger partial charge in [0, 0.05) is 28.6 Å². The second-order valence-electron chi connectivity index (χ2n) is 5.63. The highest BCUT2D eigenvalue weighted by molar-refractivity contribution is 5.78. The lowest BCUT2D eigenvalue weighted by molar-refractivity contribution is -0.565. The first kappa shape index (κ1) is 14.9. The first-order chi connectivity index (χ1) is 11.8. The van der Waals surface area contributed by atoms with E-state index in [4.69, 9.17) is 14.2 Å². The van der Waals surface area contributed by atoms with E-state index in [-0.39, 0.29) is 6.29 Å². The molecule has 1 aromatic heterocycles. The smallest absolute Gasteiger partial charge is 0.224 e. The fourth-order valence-electron chi connectivity index (χ4n) is 2.93. The SMILES string of the molecule is COc1ccc(-c2ccc3cc(C4OCCO4)ccc3[n+]2[O-])cc1. The Morgan fingerprint density at radius 2 is 1.75 bits per heavy atom. The first-order valence-corrected chi connectivity index (χ1v) is 7.80. The van der Waals surface area contributed by atoms with E-state index in [9.17, 15) is 5.21 Å². The number of rotatable bonds is 3. The molecule has 0 radical (unpaired) electrons. The maximum Gasteiger partial charge on any atom is 0.224 e. The van der Waals surface area contributed by atoms with Crippen LogP contribution in [0, 0.1) is 5.21 Å². The van der Waals surface area contributed by atoms with Gasteiger partial charge in [-0.1, -0.05) is 0 Å². The molecule has 3 aromatic rings. The van der Waals surface area contributed by atoms with Gasteiger partial charge in [0.2, 0.25) is 11.2 Å². The summed E-state index contributed by atoms with van der Waals surface area (Å²) in [6.07, 6.45) is -0.337. The maximum absolute atomic E-state index is 12.7. The molecule has 0 amide bonds. The highest BCUT2D eigenvalue weighted by Gasteiger charge is 2.20. The minimum absolute atomic E-state index is 0.337. The molecule has 0 bridgehead atoms. The van der Waals surface area contributed by atoms with E-state index in [0.29, 0.717) is 24.4 Å². The third-order valence-electron chi connectivity index (χ3n) is 4.19. The Bertz CT molecular complexity index is 870. The van der Waals surface area contributed by atoms with Gasteiger partial charge in [0.15, 0.2) is 6.29 Å². The molecule has 4 rings (SSSR count). The van der Waals surface area contributed by atoms with Crippen molar-refractivity contribution >= 4 is 10.9 Å². The normalized spacial score (nSPS) is 15.0. The average Bonchev–Trinajstić information content (AvgIpc) is 3.17. The van der Waals surface area contributed by atoms with Crippen LogP contribution in [0.1, 0.15) is 11.9 Å². The molecular formula is C19H17NO4. The van der Waals surface area contributed by atoms with Gasteiger partial charge in [0.05, 0.1) is 20.3 Å². The number of nitrogens with zero attached hydrogens (tertiary/aromatic N) is 1. The van der Waals surface area contributed by atoms with Gasteiger partial charge in [0.1, 0.15) is 5.75 Å². The molecule has 122 valence electrons. The second kappa shape index (κ2) is 6.11. The Kier molecular flexibility index (Phi) is 3.80. The Hall–Kier alpha value is -2.63. The van der Waals surface area contributed by atoms with Gasteiger partial charge in [0.25, 0.3) is 0 Å². The summed E-state index contributed by atoms with van der Waals surface area (Å²) >= 11 is 0. The summed E-state index contributed by atoms with van der Waals surface area (Å²) in [5, 5.41) is 13.6. The van der Waals surface area contributed by atoms with Crippen LogP contribution in [0.15, 0.2) is 54.6 Å². The van der Waals surface area contributed by atoms with Crippen LogP contribution in [0.3, 0.4) is 0 Å². The number of hydrogen-bond donors (Lipinski definition) is 0. The van der Waals surface area contributed by atoms with Crippen molar-refractivity contribution in [2.75, 3.05) is 20.3 Å². The summed E-state index contributed by atoms with van der Waals surface area (Å²) in [7, 11) is 1.62. The number of methoxy groups -OCH3 is 1. The van der Waals surface area contributed by atoms with Crippen molar-refractivity contribution < 1.29 is 18.9 Å². The van der Waals surface area contributed by atoms with Crippen molar-refractivity contribution in [1.82, 2.24) is 0 Å². The summed E-state index contributed by atoms with van der Waals surface area (Å²) in [4.78, 5) is 0. The molecule has 0 spiro atoms. The molecule has 0 unspecified atom stereocenters. The van der Waals surface area contributed by atoms with Crippen LogP contribution in [-0.4, -0.2) is 20.3 Å². The van der Waals surface area contributed by atoms with Crippen LogP contribution in [0.2, 0.25) is 0 Å². The van der Waals surface area contributed by atoms with Crippen molar-refractivity contribution in [2.45, 2.75) is 6.29 Å². The van der Waals surface area contributed by atoms with E-state index in [1.54, 1.807) is 7.11 Å². The number of pyridine rings is 1. The predicted octanol–water partition coefficient (Wildman–Crippen LogP) is 3.19. The number of fused-ring (bicyclic) bond motifs is 1. The summed E-state index contributed by atoms with van der Waals surface area (Å²) in [5.41, 5.74) is 2.99. The van der Waals surface area contributed by atoms with Crippen LogP contribution in [0.4, 0.5) is 0 Å². The Morgan fingerprint density at radius 3 is 2.46 bits per heavy atom. The summed E-state index contributed by atoms with van der Waals surface area (Å²) < 4.78 is 17.1. The zero-order valence-corrected chi connectivity index (χ0v) is 13.3. The highest BCUT2D eigenvalue weighted by atomic mass is 16.7. The number of ether oxygens (including phenoxy) is 3. The topological polar surface area (TPSA) is 54.6 Å². The van der Waals surface area contributed by atoms with E-state index in [1.807, 2.05) is 54.6 Å². The lowest BCUT2D eigenvalue weighted by Crippen LogP contribution is -2.30. The molecule has 1 aliphatic heterocycles. The highest BCUT2D eigenvalue weighted by Crippen LogP contribution is 2.27. The van der Waals surface area contributed by atoms with Gasteiger partial charge >= 0.3 is 0 Å². The number of hydrogen-bond acceptors (Lipinski definition) is 4. The zero-order valence-electron chi connectivity index (χ0n) is 13.3. The van der Waals surface area contributed by atoms with Gasteiger partial charge in [-0.3, -0.25) is 0 Å². The monoisotopic (exact) mass is 323 g/mol. The van der Waals surface area contributed by atoms with E-state index < -0.39 is 0 Å². The zero-order chi connectivity index (χ0) is 16.5. The Balaban J connectivity index is 1.75. The molecule has 0 N–H and O–H groups in total. The standard InChI is InChI=1S/C19H17NO4/c1-22-16-6-2-13(3-7-16)17-8-4-14-12-15(19-23-10-11-24-19)5-9-18(14)20(17)21/h2-9,12,19H,10-11H2,1H3. The lowest BCUT2D eigenvalue weighted by atomic mass is 10.1. The molecule has 0 aliphatic carbocycles.